The van der Waals surface area contributed by atoms with Crippen LogP contribution in [0.5, 0.6) is 5.75 Å². The van der Waals surface area contributed by atoms with Crippen molar-refractivity contribution in [1.82, 2.24) is 4.57 Å². The normalized spacial score (nSPS) is 15.0. The van der Waals surface area contributed by atoms with Crippen LogP contribution in [-0.2, 0) is 9.53 Å². The van der Waals surface area contributed by atoms with Gasteiger partial charge in [0.05, 0.1) is 33.4 Å². The van der Waals surface area contributed by atoms with Crippen molar-refractivity contribution in [3.63, 3.8) is 0 Å². The highest BCUT2D eigenvalue weighted by Gasteiger charge is 2.35. The number of nitrogens with zero attached hydrogens (tertiary/aromatic N) is 3. The largest absolute Gasteiger partial charge is 0.507 e. The van der Waals surface area contributed by atoms with E-state index < -0.39 is 22.5 Å². The molecule has 0 saturated heterocycles. The molecule has 0 bridgehead atoms. The zero-order valence-electron chi connectivity index (χ0n) is 22.6. The summed E-state index contributed by atoms with van der Waals surface area (Å²) in [6.07, 6.45) is 1.40. The van der Waals surface area contributed by atoms with Crippen molar-refractivity contribution in [1.29, 1.82) is 0 Å². The van der Waals surface area contributed by atoms with E-state index in [-0.39, 0.29) is 39.6 Å². The minimum atomic E-state index is -0.845. The number of carbonyl (C=O) groups is 1. The zero-order valence-corrected chi connectivity index (χ0v) is 23.4. The molecule has 0 unspecified atom stereocenters. The summed E-state index contributed by atoms with van der Waals surface area (Å²) in [5, 5.41) is 21.7. The van der Waals surface area contributed by atoms with Gasteiger partial charge in [-0.05, 0) is 36.1 Å². The maximum absolute atomic E-state index is 14.0. The fourth-order valence-corrected chi connectivity index (χ4v) is 5.72. The maximum atomic E-state index is 14.0. The van der Waals surface area contributed by atoms with Gasteiger partial charge in [0.1, 0.15) is 5.75 Å². The first-order valence-corrected chi connectivity index (χ1v) is 13.9. The number of aromatic hydroxyl groups is 1. The number of nitro benzene ring substituents is 1. The van der Waals surface area contributed by atoms with Crippen molar-refractivity contribution in [2.75, 3.05) is 6.61 Å². The van der Waals surface area contributed by atoms with Gasteiger partial charge in [-0.25, -0.2) is 9.79 Å². The molecule has 41 heavy (non-hydrogen) atoms. The molecular weight excluding hydrogens is 542 g/mol. The van der Waals surface area contributed by atoms with E-state index in [4.69, 9.17) is 9.73 Å². The molecule has 0 amide bonds. The van der Waals surface area contributed by atoms with Gasteiger partial charge in [-0.3, -0.25) is 19.5 Å². The Morgan fingerprint density at radius 1 is 1.15 bits per heavy atom. The van der Waals surface area contributed by atoms with E-state index >= 15 is 0 Å². The molecule has 208 valence electrons. The second kappa shape index (κ2) is 11.3. The Morgan fingerprint density at radius 2 is 1.85 bits per heavy atom. The monoisotopic (exact) mass is 569 g/mol. The van der Waals surface area contributed by atoms with E-state index in [0.717, 1.165) is 16.9 Å². The summed E-state index contributed by atoms with van der Waals surface area (Å²) >= 11 is 1.07. The SMILES string of the molecule is CCOC(=O)C1=C(c2ccccc2)N=c2s/c(=C\c3cc([N+](=O)[O-])ccc3O)c(=O)n2[C@H]1c1ccc(C(C)C)cc1. The van der Waals surface area contributed by atoms with Gasteiger partial charge in [-0.1, -0.05) is 79.8 Å². The van der Waals surface area contributed by atoms with Crippen LogP contribution in [0.25, 0.3) is 11.8 Å². The Morgan fingerprint density at radius 3 is 2.49 bits per heavy atom. The van der Waals surface area contributed by atoms with E-state index in [1.165, 1.54) is 28.8 Å². The molecule has 3 aromatic carbocycles. The molecule has 10 heteroatoms. The highest BCUT2D eigenvalue weighted by atomic mass is 32.1. The number of aromatic nitrogens is 1. The first-order valence-electron chi connectivity index (χ1n) is 13.0. The fourth-order valence-electron chi connectivity index (χ4n) is 4.73. The average Bonchev–Trinajstić information content (AvgIpc) is 3.28. The second-order valence-corrected chi connectivity index (χ2v) is 10.8. The number of rotatable bonds is 7. The molecule has 9 nitrogen and oxygen atoms in total. The standard InChI is InChI=1S/C31H27N3O6S/c1-4-40-30(37)26-27(20-8-6-5-7-9-20)32-31-33(28(26)21-12-10-19(11-13-21)18(2)3)29(36)25(41-31)17-22-16-23(34(38)39)14-15-24(22)35/h5-18,28,35H,4H2,1-3H3/b25-17-/t28-/m0/s1. The van der Waals surface area contributed by atoms with Crippen LogP contribution < -0.4 is 14.9 Å². The molecule has 1 aliphatic rings. The summed E-state index contributed by atoms with van der Waals surface area (Å²) in [5.41, 5.74) is 2.57. The van der Waals surface area contributed by atoms with Gasteiger partial charge in [0.15, 0.2) is 4.80 Å². The Kier molecular flexibility index (Phi) is 7.67. The Hall–Kier alpha value is -4.83. The third-order valence-electron chi connectivity index (χ3n) is 6.80. The highest BCUT2D eigenvalue weighted by Crippen LogP contribution is 2.35. The predicted molar refractivity (Wildman–Crippen MR) is 156 cm³/mol. The summed E-state index contributed by atoms with van der Waals surface area (Å²) in [7, 11) is 0. The van der Waals surface area contributed by atoms with Gasteiger partial charge in [0, 0.05) is 23.3 Å². The van der Waals surface area contributed by atoms with Gasteiger partial charge in [-0.2, -0.15) is 0 Å². The molecule has 0 fully saturated rings. The van der Waals surface area contributed by atoms with Crippen LogP contribution in [-0.4, -0.2) is 27.2 Å². The van der Waals surface area contributed by atoms with E-state index in [1.54, 1.807) is 6.92 Å². The maximum Gasteiger partial charge on any atom is 0.338 e. The molecule has 2 heterocycles. The lowest BCUT2D eigenvalue weighted by atomic mass is 9.91. The highest BCUT2D eigenvalue weighted by molar-refractivity contribution is 7.07. The zero-order chi connectivity index (χ0) is 29.3. The number of phenolic OH excluding ortho intramolecular Hbond substituents is 1. The van der Waals surface area contributed by atoms with Crippen LogP contribution in [0.3, 0.4) is 0 Å². The number of esters is 1. The third kappa shape index (κ3) is 5.33. The minimum absolute atomic E-state index is 0.121. The molecule has 1 aliphatic heterocycles. The molecule has 4 aromatic rings. The molecule has 0 radical (unpaired) electrons. The number of benzene rings is 3. The van der Waals surface area contributed by atoms with Crippen molar-refractivity contribution in [2.24, 2.45) is 4.99 Å². The molecule has 1 atom stereocenters. The van der Waals surface area contributed by atoms with Crippen LogP contribution in [0, 0.1) is 10.1 Å². The quantitative estimate of drug-likeness (QED) is 0.196. The van der Waals surface area contributed by atoms with E-state index in [1.807, 2.05) is 54.6 Å². The van der Waals surface area contributed by atoms with Crippen molar-refractivity contribution in [3.05, 3.63) is 130 Å². The number of phenols is 1. The lowest BCUT2D eigenvalue weighted by molar-refractivity contribution is -0.384. The number of non-ortho nitro benzene ring substituents is 1. The average molecular weight is 570 g/mol. The summed E-state index contributed by atoms with van der Waals surface area (Å²) in [6.45, 7) is 6.02. The van der Waals surface area contributed by atoms with E-state index in [9.17, 15) is 24.8 Å². The summed E-state index contributed by atoms with van der Waals surface area (Å²) < 4.78 is 7.13. The fraction of sp³-hybridized carbons (Fsp3) is 0.194. The van der Waals surface area contributed by atoms with Crippen LogP contribution in [0.2, 0.25) is 0 Å². The molecular formula is C31H27N3O6S. The molecule has 5 rings (SSSR count). The van der Waals surface area contributed by atoms with Gasteiger partial charge in [-0.15, -0.1) is 0 Å². The lowest BCUT2D eigenvalue weighted by Crippen LogP contribution is -2.40. The topological polar surface area (TPSA) is 124 Å². The Balaban J connectivity index is 1.82. The molecule has 0 saturated carbocycles. The second-order valence-electron chi connectivity index (χ2n) is 9.75. The number of thiazole rings is 1. The molecule has 1 aromatic heterocycles. The van der Waals surface area contributed by atoms with Crippen molar-refractivity contribution >= 4 is 34.8 Å². The van der Waals surface area contributed by atoms with Crippen molar-refractivity contribution in [2.45, 2.75) is 32.7 Å². The third-order valence-corrected chi connectivity index (χ3v) is 7.78. The van der Waals surface area contributed by atoms with Crippen LogP contribution in [0.4, 0.5) is 5.69 Å². The van der Waals surface area contributed by atoms with Gasteiger partial charge < -0.3 is 9.84 Å². The van der Waals surface area contributed by atoms with Crippen LogP contribution in [0.1, 0.15) is 55.0 Å². The summed E-state index contributed by atoms with van der Waals surface area (Å²) in [6, 6.07) is 19.7. The first kappa shape index (κ1) is 27.7. The van der Waals surface area contributed by atoms with Crippen molar-refractivity contribution < 1.29 is 19.6 Å². The number of carbonyl (C=O) groups excluding carboxylic acids is 1. The minimum Gasteiger partial charge on any atom is -0.507 e. The number of hydrogen-bond donors (Lipinski definition) is 1. The Labute approximate surface area is 239 Å². The number of nitro groups is 1. The first-order chi connectivity index (χ1) is 19.7. The summed E-state index contributed by atoms with van der Waals surface area (Å²) in [5.74, 6) is -0.508. The van der Waals surface area contributed by atoms with E-state index in [2.05, 4.69) is 13.8 Å². The summed E-state index contributed by atoms with van der Waals surface area (Å²) in [4.78, 5) is 43.4. The number of fused-ring (bicyclic) bond motifs is 1. The lowest BCUT2D eigenvalue weighted by Gasteiger charge is -2.26. The molecule has 0 spiro atoms. The Bertz CT molecular complexity index is 1850. The predicted octanol–water partition coefficient (Wildman–Crippen LogP) is 4.67. The molecule has 1 N–H and O–H groups in total. The molecule has 0 aliphatic carbocycles. The van der Waals surface area contributed by atoms with E-state index in [0.29, 0.717) is 21.6 Å². The number of hydrogen-bond acceptors (Lipinski definition) is 8. The smallest absolute Gasteiger partial charge is 0.338 e. The van der Waals surface area contributed by atoms with Crippen molar-refractivity contribution in [3.8, 4) is 5.75 Å². The van der Waals surface area contributed by atoms with Crippen LogP contribution >= 0.6 is 11.3 Å². The van der Waals surface area contributed by atoms with Gasteiger partial charge in [0.25, 0.3) is 11.2 Å². The van der Waals surface area contributed by atoms with Gasteiger partial charge in [0.2, 0.25) is 0 Å². The number of ether oxygens (including phenoxy) is 1. The van der Waals surface area contributed by atoms with Crippen LogP contribution in [0.15, 0.2) is 88.2 Å². The van der Waals surface area contributed by atoms with Gasteiger partial charge >= 0.3 is 5.97 Å².